The summed E-state index contributed by atoms with van der Waals surface area (Å²) in [5.41, 5.74) is 2.06. The molecule has 0 spiro atoms. The summed E-state index contributed by atoms with van der Waals surface area (Å²) in [5, 5.41) is 2.44. The molecule has 3 aromatic carbocycles. The van der Waals surface area contributed by atoms with Crippen LogP contribution in [0.15, 0.2) is 83.8 Å². The minimum absolute atomic E-state index is 0.0381. The fourth-order valence-corrected chi connectivity index (χ4v) is 3.77. The highest BCUT2D eigenvalue weighted by atomic mass is 32.2. The third-order valence-corrected chi connectivity index (χ3v) is 5.87. The van der Waals surface area contributed by atoms with Crippen molar-refractivity contribution >= 4 is 33.6 Å². The average molecular weight is 451 g/mol. The van der Waals surface area contributed by atoms with E-state index in [-0.39, 0.29) is 21.9 Å². The number of carbonyl (C=O) groups is 2. The van der Waals surface area contributed by atoms with Crippen molar-refractivity contribution in [3.05, 3.63) is 95.6 Å². The number of urea groups is 1. The molecule has 0 aliphatic heterocycles. The van der Waals surface area contributed by atoms with Crippen molar-refractivity contribution in [1.29, 1.82) is 0 Å². The lowest BCUT2D eigenvalue weighted by atomic mass is 10.1. The molecular weight excluding hydrogens is 428 g/mol. The van der Waals surface area contributed by atoms with Crippen LogP contribution in [0.25, 0.3) is 6.08 Å². The maximum Gasteiger partial charge on any atom is 0.333 e. The number of allylic oxidation sites excluding steroid dienone is 1. The molecule has 0 radical (unpaired) electrons. The molecule has 2 amide bonds. The highest BCUT2D eigenvalue weighted by Crippen LogP contribution is 2.19. The lowest BCUT2D eigenvalue weighted by Crippen LogP contribution is -2.34. The van der Waals surface area contributed by atoms with E-state index in [1.54, 1.807) is 61.7 Å². The monoisotopic (exact) mass is 450 g/mol. The van der Waals surface area contributed by atoms with Gasteiger partial charge < -0.3 is 10.1 Å². The number of hydrogen-bond acceptors (Lipinski definition) is 5. The van der Waals surface area contributed by atoms with E-state index in [9.17, 15) is 18.0 Å². The van der Waals surface area contributed by atoms with Gasteiger partial charge in [0.1, 0.15) is 5.75 Å². The molecule has 3 aromatic rings. The zero-order valence-corrected chi connectivity index (χ0v) is 18.3. The Morgan fingerprint density at radius 1 is 0.938 bits per heavy atom. The molecule has 0 aromatic heterocycles. The molecule has 0 aliphatic carbocycles. The van der Waals surface area contributed by atoms with Crippen molar-refractivity contribution in [3.63, 3.8) is 0 Å². The standard InChI is InChI=1S/C24H22N2O5S/c1-17-10-13-20(14-11-17)32(29,30)26-24(28)25-22-9-4-3-8-21(22)23(27)15-12-18-6-5-7-19(16-18)31-2/h3-16H,1-2H3,(H2,25,26,28)/b15-12+. The Bertz CT molecular complexity index is 1270. The summed E-state index contributed by atoms with van der Waals surface area (Å²) in [4.78, 5) is 25.0. The first-order chi connectivity index (χ1) is 15.3. The summed E-state index contributed by atoms with van der Waals surface area (Å²) in [6.45, 7) is 1.83. The average Bonchev–Trinajstić information content (AvgIpc) is 2.78. The zero-order valence-electron chi connectivity index (χ0n) is 17.5. The molecule has 3 rings (SSSR count). The van der Waals surface area contributed by atoms with Crippen LogP contribution in [0.2, 0.25) is 0 Å². The predicted octanol–water partition coefficient (Wildman–Crippen LogP) is 4.41. The van der Waals surface area contributed by atoms with Crippen LogP contribution in [0.4, 0.5) is 10.5 Å². The summed E-state index contributed by atoms with van der Waals surface area (Å²) >= 11 is 0. The van der Waals surface area contributed by atoms with E-state index in [0.29, 0.717) is 5.75 Å². The Balaban J connectivity index is 1.74. The Morgan fingerprint density at radius 2 is 1.66 bits per heavy atom. The number of sulfonamides is 1. The minimum Gasteiger partial charge on any atom is -0.497 e. The van der Waals surface area contributed by atoms with Gasteiger partial charge in [0, 0.05) is 5.56 Å². The fraction of sp³-hybridized carbons (Fsp3) is 0.0833. The SMILES string of the molecule is COc1cccc(/C=C/C(=O)c2ccccc2NC(=O)NS(=O)(=O)c2ccc(C)cc2)c1. The molecule has 164 valence electrons. The highest BCUT2D eigenvalue weighted by Gasteiger charge is 2.19. The molecule has 0 saturated carbocycles. The number of methoxy groups -OCH3 is 1. The molecule has 8 heteroatoms. The van der Waals surface area contributed by atoms with Gasteiger partial charge in [-0.1, -0.05) is 48.0 Å². The second-order valence-corrected chi connectivity index (χ2v) is 8.57. The number of para-hydroxylation sites is 1. The van der Waals surface area contributed by atoms with Gasteiger partial charge in [-0.05, 0) is 55.0 Å². The molecule has 7 nitrogen and oxygen atoms in total. The van der Waals surface area contributed by atoms with Gasteiger partial charge in [-0.25, -0.2) is 17.9 Å². The third kappa shape index (κ3) is 5.83. The molecule has 32 heavy (non-hydrogen) atoms. The number of nitrogens with one attached hydrogen (secondary N) is 2. The highest BCUT2D eigenvalue weighted by molar-refractivity contribution is 7.90. The number of benzene rings is 3. The van der Waals surface area contributed by atoms with Crippen molar-refractivity contribution in [2.24, 2.45) is 0 Å². The first kappa shape index (κ1) is 22.8. The molecule has 2 N–H and O–H groups in total. The van der Waals surface area contributed by atoms with E-state index in [2.05, 4.69) is 5.32 Å². The van der Waals surface area contributed by atoms with Gasteiger partial charge >= 0.3 is 6.03 Å². The first-order valence-electron chi connectivity index (χ1n) is 9.64. The molecule has 0 bridgehead atoms. The molecule has 0 unspecified atom stereocenters. The number of carbonyl (C=O) groups excluding carboxylic acids is 2. The van der Waals surface area contributed by atoms with Crippen molar-refractivity contribution < 1.29 is 22.7 Å². The van der Waals surface area contributed by atoms with Gasteiger partial charge in [0.25, 0.3) is 10.0 Å². The van der Waals surface area contributed by atoms with Gasteiger partial charge in [0.05, 0.1) is 17.7 Å². The molecule has 0 heterocycles. The van der Waals surface area contributed by atoms with Gasteiger partial charge in [0.2, 0.25) is 0 Å². The first-order valence-corrected chi connectivity index (χ1v) is 11.1. The Morgan fingerprint density at radius 3 is 2.38 bits per heavy atom. The van der Waals surface area contributed by atoms with Crippen LogP contribution in [0.5, 0.6) is 5.75 Å². The maximum absolute atomic E-state index is 12.7. The Hall–Kier alpha value is -3.91. The third-order valence-electron chi connectivity index (χ3n) is 4.52. The number of ether oxygens (including phenoxy) is 1. The second kappa shape index (κ2) is 9.93. The number of aryl methyl sites for hydroxylation is 1. The van der Waals surface area contributed by atoms with Crippen LogP contribution in [-0.4, -0.2) is 27.3 Å². The number of ketones is 1. The molecule has 0 aliphatic rings. The summed E-state index contributed by atoms with van der Waals surface area (Å²) in [7, 11) is -2.50. The van der Waals surface area contributed by atoms with Crippen LogP contribution in [0.1, 0.15) is 21.5 Å². The van der Waals surface area contributed by atoms with E-state index in [1.807, 2.05) is 17.7 Å². The quantitative estimate of drug-likeness (QED) is 0.410. The topological polar surface area (TPSA) is 102 Å². The minimum atomic E-state index is -4.06. The molecule has 0 atom stereocenters. The smallest absolute Gasteiger partial charge is 0.333 e. The van der Waals surface area contributed by atoms with E-state index in [1.165, 1.54) is 24.3 Å². The van der Waals surface area contributed by atoms with Gasteiger partial charge in [-0.3, -0.25) is 4.79 Å². The van der Waals surface area contributed by atoms with E-state index in [4.69, 9.17) is 4.74 Å². The molecule has 0 fully saturated rings. The van der Waals surface area contributed by atoms with Crippen molar-refractivity contribution in [1.82, 2.24) is 4.72 Å². The number of amides is 2. The van der Waals surface area contributed by atoms with Crippen molar-refractivity contribution in [2.45, 2.75) is 11.8 Å². The number of hydrogen-bond donors (Lipinski definition) is 2. The zero-order chi connectivity index (χ0) is 23.1. The Kier molecular flexibility index (Phi) is 7.07. The van der Waals surface area contributed by atoms with E-state index < -0.39 is 16.1 Å². The molecular formula is C24H22N2O5S. The van der Waals surface area contributed by atoms with Crippen LogP contribution < -0.4 is 14.8 Å². The summed E-state index contributed by atoms with van der Waals surface area (Å²) in [6, 6.07) is 18.7. The van der Waals surface area contributed by atoms with Crippen molar-refractivity contribution in [2.75, 3.05) is 12.4 Å². The normalized spacial score (nSPS) is 11.2. The van der Waals surface area contributed by atoms with Gasteiger partial charge in [-0.2, -0.15) is 0 Å². The van der Waals surface area contributed by atoms with Crippen LogP contribution in [0, 0.1) is 6.92 Å². The van der Waals surface area contributed by atoms with Crippen LogP contribution in [-0.2, 0) is 10.0 Å². The lowest BCUT2D eigenvalue weighted by Gasteiger charge is -2.11. The number of anilines is 1. The largest absolute Gasteiger partial charge is 0.497 e. The Labute approximate surface area is 186 Å². The summed E-state index contributed by atoms with van der Waals surface area (Å²) < 4.78 is 31.9. The fourth-order valence-electron chi connectivity index (χ4n) is 2.86. The summed E-state index contributed by atoms with van der Waals surface area (Å²) in [5.74, 6) is 0.304. The van der Waals surface area contributed by atoms with Crippen LogP contribution >= 0.6 is 0 Å². The van der Waals surface area contributed by atoms with Gasteiger partial charge in [0.15, 0.2) is 5.78 Å². The summed E-state index contributed by atoms with van der Waals surface area (Å²) in [6.07, 6.45) is 3.00. The second-order valence-electron chi connectivity index (χ2n) is 6.89. The van der Waals surface area contributed by atoms with Gasteiger partial charge in [-0.15, -0.1) is 0 Å². The molecule has 0 saturated heterocycles. The predicted molar refractivity (Wildman–Crippen MR) is 123 cm³/mol. The van der Waals surface area contributed by atoms with E-state index >= 15 is 0 Å². The van der Waals surface area contributed by atoms with E-state index in [0.717, 1.165) is 11.1 Å². The lowest BCUT2D eigenvalue weighted by molar-refractivity contribution is 0.104. The number of rotatable bonds is 7. The maximum atomic E-state index is 12.7. The van der Waals surface area contributed by atoms with Crippen molar-refractivity contribution in [3.8, 4) is 5.75 Å². The van der Waals surface area contributed by atoms with Crippen LogP contribution in [0.3, 0.4) is 0 Å².